The third kappa shape index (κ3) is 3.78. The fourth-order valence-corrected chi connectivity index (χ4v) is 3.84. The Morgan fingerprint density at radius 2 is 1.68 bits per heavy atom. The van der Waals surface area contributed by atoms with Crippen molar-refractivity contribution in [2.45, 2.75) is 0 Å². The van der Waals surface area contributed by atoms with Crippen LogP contribution in [0.5, 0.6) is 11.5 Å². The number of aromatic nitrogens is 2. The number of methoxy groups -OCH3 is 2. The SMILES string of the molecule is COc1cc(Nc2c3ccc(Cl)cc3nc3ccc(OC)cc23)c2ncccc2c1.Cl. The molecular weight excluding hydrogens is 433 g/mol. The van der Waals surface area contributed by atoms with Crippen molar-refractivity contribution >= 4 is 68.1 Å². The zero-order chi connectivity index (χ0) is 20.7. The summed E-state index contributed by atoms with van der Waals surface area (Å²) in [5.41, 5.74) is 4.26. The molecule has 0 fully saturated rings. The molecule has 0 amide bonds. The lowest BCUT2D eigenvalue weighted by Gasteiger charge is -2.16. The van der Waals surface area contributed by atoms with Crippen LogP contribution in [0.3, 0.4) is 0 Å². The highest BCUT2D eigenvalue weighted by Crippen LogP contribution is 2.38. The molecule has 7 heteroatoms. The fraction of sp³-hybridized carbons (Fsp3) is 0.0833. The lowest BCUT2D eigenvalue weighted by molar-refractivity contribution is 0.415. The Bertz CT molecular complexity index is 1420. The molecule has 3 aromatic carbocycles. The van der Waals surface area contributed by atoms with Gasteiger partial charge in [0.2, 0.25) is 0 Å². The molecule has 5 rings (SSSR count). The van der Waals surface area contributed by atoms with Gasteiger partial charge in [0, 0.05) is 33.4 Å². The van der Waals surface area contributed by atoms with Crippen LogP contribution in [0.4, 0.5) is 11.4 Å². The standard InChI is InChI=1S/C24H18ClN3O2.ClH/c1-29-16-6-8-20-19(12-16)24(18-7-5-15(25)11-21(18)27-20)28-22-13-17(30-2)10-14-4-3-9-26-23(14)22;/h3-13H,1-2H3,(H,27,28);1H. The first-order valence-corrected chi connectivity index (χ1v) is 9.81. The molecule has 0 saturated heterocycles. The molecule has 0 aliphatic carbocycles. The van der Waals surface area contributed by atoms with Gasteiger partial charge in [0.1, 0.15) is 11.5 Å². The third-order valence-corrected chi connectivity index (χ3v) is 5.35. The van der Waals surface area contributed by atoms with Crippen LogP contribution >= 0.6 is 24.0 Å². The summed E-state index contributed by atoms with van der Waals surface area (Å²) in [6, 6.07) is 19.4. The molecule has 31 heavy (non-hydrogen) atoms. The molecule has 0 unspecified atom stereocenters. The Morgan fingerprint density at radius 1 is 0.839 bits per heavy atom. The zero-order valence-electron chi connectivity index (χ0n) is 16.8. The van der Waals surface area contributed by atoms with Gasteiger partial charge in [-0.05, 0) is 48.5 Å². The van der Waals surface area contributed by atoms with Crippen molar-refractivity contribution in [1.29, 1.82) is 0 Å². The number of fused-ring (bicyclic) bond motifs is 3. The molecule has 0 aliphatic heterocycles. The minimum atomic E-state index is 0. The van der Waals surface area contributed by atoms with E-state index in [1.807, 2.05) is 60.7 Å². The highest BCUT2D eigenvalue weighted by molar-refractivity contribution is 6.31. The van der Waals surface area contributed by atoms with Gasteiger partial charge < -0.3 is 14.8 Å². The Kier molecular flexibility index (Phi) is 5.72. The number of anilines is 2. The van der Waals surface area contributed by atoms with E-state index in [-0.39, 0.29) is 12.4 Å². The predicted octanol–water partition coefficient (Wildman–Crippen LogP) is 6.77. The molecule has 0 saturated carbocycles. The van der Waals surface area contributed by atoms with E-state index in [1.54, 1.807) is 20.4 Å². The maximum atomic E-state index is 6.24. The molecule has 5 aromatic rings. The van der Waals surface area contributed by atoms with Gasteiger partial charge in [0.05, 0.1) is 42.1 Å². The summed E-state index contributed by atoms with van der Waals surface area (Å²) >= 11 is 6.24. The van der Waals surface area contributed by atoms with Crippen LogP contribution in [0.2, 0.25) is 5.02 Å². The molecule has 1 N–H and O–H groups in total. The van der Waals surface area contributed by atoms with Crippen molar-refractivity contribution in [2.75, 3.05) is 19.5 Å². The maximum absolute atomic E-state index is 6.24. The number of pyridine rings is 2. The van der Waals surface area contributed by atoms with Gasteiger partial charge in [-0.25, -0.2) is 4.98 Å². The van der Waals surface area contributed by atoms with Gasteiger partial charge in [-0.2, -0.15) is 0 Å². The number of hydrogen-bond acceptors (Lipinski definition) is 5. The number of hydrogen-bond donors (Lipinski definition) is 1. The van der Waals surface area contributed by atoms with E-state index in [2.05, 4.69) is 10.3 Å². The van der Waals surface area contributed by atoms with Gasteiger partial charge in [-0.1, -0.05) is 17.7 Å². The van der Waals surface area contributed by atoms with Gasteiger partial charge in [-0.3, -0.25) is 4.98 Å². The van der Waals surface area contributed by atoms with E-state index in [0.717, 1.165) is 55.6 Å². The number of benzene rings is 3. The second-order valence-electron chi connectivity index (χ2n) is 6.91. The smallest absolute Gasteiger partial charge is 0.121 e. The Labute approximate surface area is 190 Å². The van der Waals surface area contributed by atoms with E-state index in [4.69, 9.17) is 26.1 Å². The van der Waals surface area contributed by atoms with Gasteiger partial charge in [0.15, 0.2) is 0 Å². The fourth-order valence-electron chi connectivity index (χ4n) is 3.67. The normalized spacial score (nSPS) is 10.8. The summed E-state index contributed by atoms with van der Waals surface area (Å²) in [4.78, 5) is 9.37. The van der Waals surface area contributed by atoms with Crippen LogP contribution in [-0.2, 0) is 0 Å². The molecule has 156 valence electrons. The van der Waals surface area contributed by atoms with Gasteiger partial charge in [-0.15, -0.1) is 12.4 Å². The highest BCUT2D eigenvalue weighted by Gasteiger charge is 2.14. The second-order valence-corrected chi connectivity index (χ2v) is 7.34. The third-order valence-electron chi connectivity index (χ3n) is 5.12. The van der Waals surface area contributed by atoms with Gasteiger partial charge in [0.25, 0.3) is 0 Å². The predicted molar refractivity (Wildman–Crippen MR) is 130 cm³/mol. The van der Waals surface area contributed by atoms with Crippen LogP contribution in [0.25, 0.3) is 32.7 Å². The molecule has 0 spiro atoms. The topological polar surface area (TPSA) is 56.3 Å². The first kappa shape index (κ1) is 21.0. The maximum Gasteiger partial charge on any atom is 0.121 e. The van der Waals surface area contributed by atoms with Gasteiger partial charge >= 0.3 is 0 Å². The Morgan fingerprint density at radius 3 is 2.48 bits per heavy atom. The van der Waals surface area contributed by atoms with Crippen molar-refractivity contribution in [2.24, 2.45) is 0 Å². The largest absolute Gasteiger partial charge is 0.497 e. The van der Waals surface area contributed by atoms with Crippen LogP contribution < -0.4 is 14.8 Å². The van der Waals surface area contributed by atoms with E-state index in [9.17, 15) is 0 Å². The van der Waals surface area contributed by atoms with Crippen LogP contribution in [0.15, 0.2) is 66.9 Å². The number of rotatable bonds is 4. The molecule has 0 atom stereocenters. The lowest BCUT2D eigenvalue weighted by Crippen LogP contribution is -1.98. The van der Waals surface area contributed by atoms with Crippen molar-refractivity contribution in [1.82, 2.24) is 9.97 Å². The highest BCUT2D eigenvalue weighted by atomic mass is 35.5. The molecule has 5 nitrogen and oxygen atoms in total. The average molecular weight is 452 g/mol. The molecule has 0 aliphatic rings. The summed E-state index contributed by atoms with van der Waals surface area (Å²) in [6.07, 6.45) is 1.78. The summed E-state index contributed by atoms with van der Waals surface area (Å²) in [5.74, 6) is 1.51. The Balaban J connectivity index is 0.00000231. The molecule has 0 bridgehead atoms. The number of ether oxygens (including phenoxy) is 2. The quantitative estimate of drug-likeness (QED) is 0.305. The van der Waals surface area contributed by atoms with E-state index >= 15 is 0 Å². The minimum Gasteiger partial charge on any atom is -0.497 e. The van der Waals surface area contributed by atoms with Crippen LogP contribution in [-0.4, -0.2) is 24.2 Å². The van der Waals surface area contributed by atoms with Crippen molar-refractivity contribution < 1.29 is 9.47 Å². The summed E-state index contributed by atoms with van der Waals surface area (Å²) in [6.45, 7) is 0. The van der Waals surface area contributed by atoms with Crippen molar-refractivity contribution in [3.63, 3.8) is 0 Å². The Hall–Kier alpha value is -3.28. The van der Waals surface area contributed by atoms with Crippen molar-refractivity contribution in [3.05, 3.63) is 71.9 Å². The molecular formula is C24H19Cl2N3O2. The second kappa shape index (κ2) is 8.46. The van der Waals surface area contributed by atoms with Crippen LogP contribution in [0, 0.1) is 0 Å². The van der Waals surface area contributed by atoms with E-state index < -0.39 is 0 Å². The zero-order valence-corrected chi connectivity index (χ0v) is 18.4. The summed E-state index contributed by atoms with van der Waals surface area (Å²) in [7, 11) is 3.31. The number of nitrogens with one attached hydrogen (secondary N) is 1. The number of nitrogens with zero attached hydrogens (tertiary/aromatic N) is 2. The molecule has 0 radical (unpaired) electrons. The monoisotopic (exact) mass is 451 g/mol. The van der Waals surface area contributed by atoms with Crippen LogP contribution in [0.1, 0.15) is 0 Å². The summed E-state index contributed by atoms with van der Waals surface area (Å²) in [5, 5.41) is 7.12. The first-order chi connectivity index (χ1) is 14.7. The first-order valence-electron chi connectivity index (χ1n) is 9.43. The van der Waals surface area contributed by atoms with E-state index in [1.165, 1.54) is 0 Å². The molecule has 2 aromatic heterocycles. The minimum absolute atomic E-state index is 0. The van der Waals surface area contributed by atoms with Crippen molar-refractivity contribution in [3.8, 4) is 11.5 Å². The average Bonchev–Trinajstić information content (AvgIpc) is 2.78. The summed E-state index contributed by atoms with van der Waals surface area (Å²) < 4.78 is 11.0. The van der Waals surface area contributed by atoms with E-state index in [0.29, 0.717) is 5.02 Å². The molecule has 2 heterocycles. The lowest BCUT2D eigenvalue weighted by atomic mass is 10.1. The number of halogens is 2.